The summed E-state index contributed by atoms with van der Waals surface area (Å²) in [5, 5.41) is 0. The van der Waals surface area contributed by atoms with Crippen LogP contribution in [0.3, 0.4) is 0 Å². The highest BCUT2D eigenvalue weighted by molar-refractivity contribution is 7.89. The summed E-state index contributed by atoms with van der Waals surface area (Å²) in [4.78, 5) is 4.26. The summed E-state index contributed by atoms with van der Waals surface area (Å²) in [7, 11) is -3.44. The van der Waals surface area contributed by atoms with E-state index in [2.05, 4.69) is 11.9 Å². The molecule has 0 N–H and O–H groups in total. The summed E-state index contributed by atoms with van der Waals surface area (Å²) in [6.45, 7) is 6.99. The maximum Gasteiger partial charge on any atom is 0.244 e. The van der Waals surface area contributed by atoms with Gasteiger partial charge in [-0.3, -0.25) is 0 Å². The van der Waals surface area contributed by atoms with Crippen LogP contribution in [0.1, 0.15) is 27.2 Å². The van der Waals surface area contributed by atoms with Crippen molar-refractivity contribution in [3.63, 3.8) is 0 Å². The van der Waals surface area contributed by atoms with Crippen molar-refractivity contribution in [3.8, 4) is 5.88 Å². The molecular weight excluding hydrogens is 264 g/mol. The Morgan fingerprint density at radius 1 is 1.42 bits per heavy atom. The van der Waals surface area contributed by atoms with E-state index in [1.165, 1.54) is 6.20 Å². The molecule has 0 amide bonds. The van der Waals surface area contributed by atoms with Crippen molar-refractivity contribution in [1.29, 1.82) is 0 Å². The van der Waals surface area contributed by atoms with E-state index >= 15 is 0 Å². The van der Waals surface area contributed by atoms with E-state index < -0.39 is 10.0 Å². The van der Waals surface area contributed by atoms with Crippen molar-refractivity contribution in [2.45, 2.75) is 38.1 Å². The summed E-state index contributed by atoms with van der Waals surface area (Å²) >= 11 is 0. The standard InChI is InChI=1S/C13H20N2O3S/c1-4-18-13-6-5-12(9-14-13)19(16,17)15-8-7-10(2)11(15)3/h5-6,9-11H,4,7-8H2,1-3H3/t10-,11+/m0/s1. The fourth-order valence-corrected chi connectivity index (χ4v) is 3.97. The second-order valence-electron chi connectivity index (χ2n) is 4.89. The summed E-state index contributed by atoms with van der Waals surface area (Å²) in [5.74, 6) is 0.842. The van der Waals surface area contributed by atoms with Crippen LogP contribution in [-0.2, 0) is 10.0 Å². The minimum atomic E-state index is -3.44. The first kappa shape index (κ1) is 14.3. The fourth-order valence-electron chi connectivity index (χ4n) is 2.29. The van der Waals surface area contributed by atoms with Crippen LogP contribution in [0.5, 0.6) is 5.88 Å². The smallest absolute Gasteiger partial charge is 0.244 e. The molecule has 2 heterocycles. The third kappa shape index (κ3) is 2.74. The molecule has 0 radical (unpaired) electrons. The van der Waals surface area contributed by atoms with Gasteiger partial charge in [0.25, 0.3) is 0 Å². The number of hydrogen-bond acceptors (Lipinski definition) is 4. The highest BCUT2D eigenvalue weighted by Gasteiger charge is 2.36. The molecule has 0 spiro atoms. The van der Waals surface area contributed by atoms with Gasteiger partial charge in [-0.25, -0.2) is 13.4 Å². The van der Waals surface area contributed by atoms with Gasteiger partial charge in [0.05, 0.1) is 12.8 Å². The lowest BCUT2D eigenvalue weighted by atomic mass is 10.1. The minimum absolute atomic E-state index is 0.0385. The second kappa shape index (κ2) is 5.46. The average molecular weight is 284 g/mol. The lowest BCUT2D eigenvalue weighted by molar-refractivity contribution is 0.326. The molecule has 0 aliphatic carbocycles. The number of ether oxygens (including phenoxy) is 1. The molecule has 1 fully saturated rings. The van der Waals surface area contributed by atoms with E-state index in [1.807, 2.05) is 13.8 Å². The molecule has 1 aromatic heterocycles. The summed E-state index contributed by atoms with van der Waals surface area (Å²) in [6.07, 6.45) is 2.28. The van der Waals surface area contributed by atoms with Crippen LogP contribution in [-0.4, -0.2) is 36.9 Å². The third-order valence-electron chi connectivity index (χ3n) is 3.69. The highest BCUT2D eigenvalue weighted by atomic mass is 32.2. The molecule has 1 aromatic rings. The number of aromatic nitrogens is 1. The van der Waals surface area contributed by atoms with Crippen LogP contribution < -0.4 is 4.74 Å². The Labute approximate surface area is 114 Å². The van der Waals surface area contributed by atoms with Crippen molar-refractivity contribution in [2.75, 3.05) is 13.2 Å². The zero-order valence-electron chi connectivity index (χ0n) is 11.5. The summed E-state index contributed by atoms with van der Waals surface area (Å²) in [5.41, 5.74) is 0. The van der Waals surface area contributed by atoms with E-state index in [1.54, 1.807) is 16.4 Å². The zero-order valence-corrected chi connectivity index (χ0v) is 12.4. The lowest BCUT2D eigenvalue weighted by Gasteiger charge is -2.22. The normalized spacial score (nSPS) is 24.6. The van der Waals surface area contributed by atoms with E-state index in [-0.39, 0.29) is 10.9 Å². The van der Waals surface area contributed by atoms with Crippen molar-refractivity contribution in [2.24, 2.45) is 5.92 Å². The lowest BCUT2D eigenvalue weighted by Crippen LogP contribution is -2.35. The molecule has 0 aromatic carbocycles. The van der Waals surface area contributed by atoms with Gasteiger partial charge in [0.15, 0.2) is 0 Å². The molecule has 106 valence electrons. The van der Waals surface area contributed by atoms with Gasteiger partial charge in [-0.2, -0.15) is 4.31 Å². The predicted octanol–water partition coefficient (Wildman–Crippen LogP) is 1.90. The monoisotopic (exact) mass is 284 g/mol. The zero-order chi connectivity index (χ0) is 14.0. The molecule has 2 atom stereocenters. The van der Waals surface area contributed by atoms with Crippen molar-refractivity contribution in [1.82, 2.24) is 9.29 Å². The van der Waals surface area contributed by atoms with Gasteiger partial charge in [0.1, 0.15) is 4.90 Å². The molecule has 6 heteroatoms. The first-order valence-corrected chi connectivity index (χ1v) is 8.01. The molecule has 1 saturated heterocycles. The van der Waals surface area contributed by atoms with Crippen LogP contribution in [0.2, 0.25) is 0 Å². The van der Waals surface area contributed by atoms with Gasteiger partial charge < -0.3 is 4.74 Å². The van der Waals surface area contributed by atoms with E-state index in [0.29, 0.717) is 24.9 Å². The number of nitrogens with zero attached hydrogens (tertiary/aromatic N) is 2. The van der Waals surface area contributed by atoms with Gasteiger partial charge in [-0.15, -0.1) is 0 Å². The molecule has 19 heavy (non-hydrogen) atoms. The first-order valence-electron chi connectivity index (χ1n) is 6.57. The SMILES string of the molecule is CCOc1ccc(S(=O)(=O)N2CC[C@H](C)[C@H]2C)cn1. The fraction of sp³-hybridized carbons (Fsp3) is 0.615. The number of sulfonamides is 1. The maximum absolute atomic E-state index is 12.5. The van der Waals surface area contributed by atoms with Crippen molar-refractivity contribution in [3.05, 3.63) is 18.3 Å². The highest BCUT2D eigenvalue weighted by Crippen LogP contribution is 2.29. The molecule has 2 rings (SSSR count). The molecule has 5 nitrogen and oxygen atoms in total. The van der Waals surface area contributed by atoms with Crippen molar-refractivity contribution >= 4 is 10.0 Å². The Kier molecular flexibility index (Phi) is 4.10. The van der Waals surface area contributed by atoms with E-state index in [9.17, 15) is 8.42 Å². The molecule has 1 aliphatic heterocycles. The second-order valence-corrected chi connectivity index (χ2v) is 6.78. The van der Waals surface area contributed by atoms with Crippen LogP contribution in [0.4, 0.5) is 0 Å². The van der Waals surface area contributed by atoms with Crippen LogP contribution in [0, 0.1) is 5.92 Å². The Morgan fingerprint density at radius 3 is 2.63 bits per heavy atom. The van der Waals surface area contributed by atoms with E-state index in [4.69, 9.17) is 4.74 Å². The van der Waals surface area contributed by atoms with Gasteiger partial charge in [-0.05, 0) is 32.3 Å². The quantitative estimate of drug-likeness (QED) is 0.847. The first-order chi connectivity index (χ1) is 8.96. The average Bonchev–Trinajstić information content (AvgIpc) is 2.72. The Balaban J connectivity index is 2.24. The third-order valence-corrected chi connectivity index (χ3v) is 5.66. The molecule has 0 bridgehead atoms. The Bertz CT molecular complexity index is 527. The molecule has 1 aliphatic rings. The molecule has 0 unspecified atom stereocenters. The van der Waals surface area contributed by atoms with Crippen LogP contribution >= 0.6 is 0 Å². The van der Waals surface area contributed by atoms with Crippen LogP contribution in [0.15, 0.2) is 23.2 Å². The Hall–Kier alpha value is -1.14. The number of rotatable bonds is 4. The van der Waals surface area contributed by atoms with Crippen LogP contribution in [0.25, 0.3) is 0 Å². The van der Waals surface area contributed by atoms with Crippen molar-refractivity contribution < 1.29 is 13.2 Å². The van der Waals surface area contributed by atoms with Gasteiger partial charge >= 0.3 is 0 Å². The van der Waals surface area contributed by atoms with Gasteiger partial charge in [-0.1, -0.05) is 6.92 Å². The molecular formula is C13H20N2O3S. The topological polar surface area (TPSA) is 59.5 Å². The number of pyridine rings is 1. The summed E-state index contributed by atoms with van der Waals surface area (Å²) < 4.78 is 31.8. The maximum atomic E-state index is 12.5. The minimum Gasteiger partial charge on any atom is -0.478 e. The number of hydrogen-bond donors (Lipinski definition) is 0. The largest absolute Gasteiger partial charge is 0.478 e. The van der Waals surface area contributed by atoms with E-state index in [0.717, 1.165) is 6.42 Å². The predicted molar refractivity (Wildman–Crippen MR) is 72.5 cm³/mol. The summed E-state index contributed by atoms with van der Waals surface area (Å²) in [6, 6.07) is 3.19. The van der Waals surface area contributed by atoms with Gasteiger partial charge in [0, 0.05) is 18.7 Å². The van der Waals surface area contributed by atoms with Gasteiger partial charge in [0.2, 0.25) is 15.9 Å². The molecule has 0 saturated carbocycles. The Morgan fingerprint density at radius 2 is 2.16 bits per heavy atom.